The largest absolute Gasteiger partial charge is 0.309 e. The lowest BCUT2D eigenvalue weighted by Gasteiger charge is -2.13. The average molecular weight is 264 g/mol. The average Bonchev–Trinajstić information content (AvgIpc) is 2.64. The number of carbonyl (C=O) groups excluding carboxylic acids is 1. The highest BCUT2D eigenvalue weighted by atomic mass is 35.5. The molecule has 0 amide bonds. The predicted octanol–water partition coefficient (Wildman–Crippen LogP) is 3.26. The Balaban J connectivity index is 2.11. The van der Waals surface area contributed by atoms with Crippen LogP contribution in [0.3, 0.4) is 0 Å². The highest BCUT2D eigenvalue weighted by molar-refractivity contribution is 6.30. The lowest BCUT2D eigenvalue weighted by Crippen LogP contribution is -2.24. The molecule has 0 spiro atoms. The van der Waals surface area contributed by atoms with Crippen molar-refractivity contribution in [2.45, 2.75) is 12.8 Å². The number of Topliss-reactive ketones (excluding diaryl/α,β-unsaturated/α-hetero) is 1. The number of nitrogens with zero attached hydrogens (tertiary/aromatic N) is 1. The second kappa shape index (κ2) is 5.68. The zero-order valence-corrected chi connectivity index (χ0v) is 11.6. The van der Waals surface area contributed by atoms with Gasteiger partial charge in [0.05, 0.1) is 0 Å². The van der Waals surface area contributed by atoms with Crippen molar-refractivity contribution in [3.05, 3.63) is 40.4 Å². The zero-order chi connectivity index (χ0) is 13.1. The third kappa shape index (κ3) is 3.21. The molecule has 0 saturated heterocycles. The smallest absolute Gasteiger partial charge is 0.163 e. The van der Waals surface area contributed by atoms with E-state index in [1.54, 1.807) is 0 Å². The number of benzene rings is 1. The Morgan fingerprint density at radius 3 is 2.61 bits per heavy atom. The van der Waals surface area contributed by atoms with Gasteiger partial charge in [-0.25, -0.2) is 0 Å². The summed E-state index contributed by atoms with van der Waals surface area (Å²) in [6.45, 7) is 0.844. The summed E-state index contributed by atoms with van der Waals surface area (Å²) in [4.78, 5) is 14.3. The van der Waals surface area contributed by atoms with Gasteiger partial charge in [0.25, 0.3) is 0 Å². The van der Waals surface area contributed by atoms with Crippen LogP contribution in [0.1, 0.15) is 18.4 Å². The Morgan fingerprint density at radius 2 is 2.00 bits per heavy atom. The molecular weight excluding hydrogens is 246 g/mol. The summed E-state index contributed by atoms with van der Waals surface area (Å²) in [6, 6.07) is 7.60. The standard InChI is InChI=1S/C15H18ClNO/c1-17(2)10-13-6-5-12(15(13)18)9-11-3-7-14(16)8-4-11/h3-4,7-9,13H,5-6,10H2,1-2H3/b12-9+. The third-order valence-corrected chi connectivity index (χ3v) is 3.50. The Morgan fingerprint density at radius 1 is 1.33 bits per heavy atom. The fraction of sp³-hybridized carbons (Fsp3) is 0.400. The van der Waals surface area contributed by atoms with Crippen molar-refractivity contribution >= 4 is 23.5 Å². The van der Waals surface area contributed by atoms with Crippen LogP contribution in [0.5, 0.6) is 0 Å². The molecule has 1 aliphatic carbocycles. The maximum Gasteiger partial charge on any atom is 0.163 e. The first-order valence-corrected chi connectivity index (χ1v) is 6.59. The fourth-order valence-corrected chi connectivity index (χ4v) is 2.49. The molecule has 1 aliphatic rings. The van der Waals surface area contributed by atoms with Crippen LogP contribution in [0.2, 0.25) is 5.02 Å². The van der Waals surface area contributed by atoms with Crippen LogP contribution in [-0.4, -0.2) is 31.3 Å². The van der Waals surface area contributed by atoms with Gasteiger partial charge in [-0.1, -0.05) is 23.7 Å². The molecule has 0 aromatic heterocycles. The first kappa shape index (κ1) is 13.3. The van der Waals surface area contributed by atoms with E-state index in [0.717, 1.165) is 35.5 Å². The van der Waals surface area contributed by atoms with Crippen LogP contribution >= 0.6 is 11.6 Å². The topological polar surface area (TPSA) is 20.3 Å². The van der Waals surface area contributed by atoms with Crippen LogP contribution in [-0.2, 0) is 4.79 Å². The van der Waals surface area contributed by atoms with E-state index < -0.39 is 0 Å². The number of allylic oxidation sites excluding steroid dienone is 1. The van der Waals surface area contributed by atoms with Crippen LogP contribution < -0.4 is 0 Å². The van der Waals surface area contributed by atoms with Gasteiger partial charge >= 0.3 is 0 Å². The molecule has 2 nitrogen and oxygen atoms in total. The van der Waals surface area contributed by atoms with Gasteiger partial charge < -0.3 is 4.90 Å². The summed E-state index contributed by atoms with van der Waals surface area (Å²) in [5.41, 5.74) is 2.00. The van der Waals surface area contributed by atoms with Gasteiger partial charge in [0, 0.05) is 17.5 Å². The molecule has 2 rings (SSSR count). The van der Waals surface area contributed by atoms with Crippen LogP contribution in [0.15, 0.2) is 29.8 Å². The summed E-state index contributed by atoms with van der Waals surface area (Å²) in [5, 5.41) is 0.723. The van der Waals surface area contributed by atoms with Crippen molar-refractivity contribution in [3.8, 4) is 0 Å². The van der Waals surface area contributed by atoms with Crippen LogP contribution in [0, 0.1) is 5.92 Å². The van der Waals surface area contributed by atoms with Crippen molar-refractivity contribution in [2.75, 3.05) is 20.6 Å². The van der Waals surface area contributed by atoms with Gasteiger partial charge in [0.15, 0.2) is 5.78 Å². The highest BCUT2D eigenvalue weighted by Crippen LogP contribution is 2.28. The summed E-state index contributed by atoms with van der Waals surface area (Å²) in [5.74, 6) is 0.470. The Kier molecular flexibility index (Phi) is 4.20. The fourth-order valence-electron chi connectivity index (χ4n) is 2.36. The van der Waals surface area contributed by atoms with Gasteiger partial charge in [-0.05, 0) is 56.3 Å². The lowest BCUT2D eigenvalue weighted by atomic mass is 10.0. The summed E-state index contributed by atoms with van der Waals surface area (Å²) in [7, 11) is 4.02. The van der Waals surface area contributed by atoms with Crippen molar-refractivity contribution in [2.24, 2.45) is 5.92 Å². The van der Waals surface area contributed by atoms with Gasteiger partial charge in [-0.15, -0.1) is 0 Å². The predicted molar refractivity (Wildman–Crippen MR) is 75.7 cm³/mol. The second-order valence-corrected chi connectivity index (χ2v) is 5.52. The normalized spacial score (nSPS) is 22.1. The summed E-state index contributed by atoms with van der Waals surface area (Å²) >= 11 is 5.84. The summed E-state index contributed by atoms with van der Waals surface area (Å²) in [6.07, 6.45) is 3.85. The molecule has 0 aliphatic heterocycles. The molecule has 3 heteroatoms. The van der Waals surface area contributed by atoms with E-state index in [-0.39, 0.29) is 5.92 Å². The minimum atomic E-state index is 0.165. The van der Waals surface area contributed by atoms with Crippen molar-refractivity contribution in [3.63, 3.8) is 0 Å². The monoisotopic (exact) mass is 263 g/mol. The van der Waals surface area contributed by atoms with Gasteiger partial charge in [-0.2, -0.15) is 0 Å². The molecule has 0 N–H and O–H groups in total. The zero-order valence-electron chi connectivity index (χ0n) is 10.8. The Labute approximate surface area is 113 Å². The van der Waals surface area contributed by atoms with E-state index in [0.29, 0.717) is 5.78 Å². The molecule has 1 fully saturated rings. The van der Waals surface area contributed by atoms with Gasteiger partial charge in [0.1, 0.15) is 0 Å². The highest BCUT2D eigenvalue weighted by Gasteiger charge is 2.29. The number of hydrogen-bond donors (Lipinski definition) is 0. The van der Waals surface area contributed by atoms with Crippen LogP contribution in [0.25, 0.3) is 6.08 Å². The van der Waals surface area contributed by atoms with E-state index in [1.807, 2.05) is 44.4 Å². The summed E-state index contributed by atoms with van der Waals surface area (Å²) < 4.78 is 0. The molecule has 0 radical (unpaired) electrons. The van der Waals surface area contributed by atoms with Gasteiger partial charge in [-0.3, -0.25) is 4.79 Å². The lowest BCUT2D eigenvalue weighted by molar-refractivity contribution is -0.118. The first-order chi connectivity index (χ1) is 8.56. The van der Waals surface area contributed by atoms with E-state index in [9.17, 15) is 4.79 Å². The number of ketones is 1. The molecule has 1 unspecified atom stereocenters. The molecule has 18 heavy (non-hydrogen) atoms. The maximum absolute atomic E-state index is 12.2. The number of hydrogen-bond acceptors (Lipinski definition) is 2. The minimum absolute atomic E-state index is 0.165. The van der Waals surface area contributed by atoms with Gasteiger partial charge in [0.2, 0.25) is 0 Å². The maximum atomic E-state index is 12.2. The Hall–Kier alpha value is -1.12. The quantitative estimate of drug-likeness (QED) is 0.780. The van der Waals surface area contributed by atoms with Crippen molar-refractivity contribution < 1.29 is 4.79 Å². The molecule has 0 bridgehead atoms. The number of rotatable bonds is 3. The van der Waals surface area contributed by atoms with E-state index >= 15 is 0 Å². The second-order valence-electron chi connectivity index (χ2n) is 5.08. The van der Waals surface area contributed by atoms with E-state index in [1.165, 1.54) is 0 Å². The minimum Gasteiger partial charge on any atom is -0.309 e. The molecule has 1 aromatic rings. The first-order valence-electron chi connectivity index (χ1n) is 6.21. The number of halogens is 1. The molecule has 1 saturated carbocycles. The third-order valence-electron chi connectivity index (χ3n) is 3.25. The van der Waals surface area contributed by atoms with E-state index in [4.69, 9.17) is 11.6 Å². The van der Waals surface area contributed by atoms with Crippen molar-refractivity contribution in [1.82, 2.24) is 4.90 Å². The van der Waals surface area contributed by atoms with Crippen LogP contribution in [0.4, 0.5) is 0 Å². The molecular formula is C15H18ClNO. The molecule has 1 aromatic carbocycles. The molecule has 1 atom stereocenters. The molecule has 0 heterocycles. The van der Waals surface area contributed by atoms with Crippen molar-refractivity contribution in [1.29, 1.82) is 0 Å². The SMILES string of the molecule is CN(C)CC1CC/C(=C\c2ccc(Cl)cc2)C1=O. The Bertz CT molecular complexity index is 462. The molecule has 96 valence electrons. The number of carbonyl (C=O) groups is 1. The van der Waals surface area contributed by atoms with E-state index in [2.05, 4.69) is 4.90 Å².